The highest BCUT2D eigenvalue weighted by Gasteiger charge is 2.18. The molecule has 0 atom stereocenters. The lowest BCUT2D eigenvalue weighted by Gasteiger charge is -2.13. The van der Waals surface area contributed by atoms with E-state index in [1.165, 1.54) is 0 Å². The minimum atomic E-state index is -0.298. The van der Waals surface area contributed by atoms with Crippen LogP contribution in [0.2, 0.25) is 0 Å². The fourth-order valence-corrected chi connectivity index (χ4v) is 3.13. The van der Waals surface area contributed by atoms with Crippen molar-refractivity contribution in [3.05, 3.63) is 77.5 Å². The van der Waals surface area contributed by atoms with Crippen LogP contribution in [0.15, 0.2) is 60.8 Å². The highest BCUT2D eigenvalue weighted by atomic mass is 32.1. The van der Waals surface area contributed by atoms with Gasteiger partial charge in [-0.1, -0.05) is 60.2 Å². The van der Waals surface area contributed by atoms with Gasteiger partial charge in [0.25, 0.3) is 5.91 Å². The van der Waals surface area contributed by atoms with E-state index in [0.29, 0.717) is 22.9 Å². The summed E-state index contributed by atoms with van der Waals surface area (Å²) in [4.78, 5) is 12.8. The standard InChI is InChI=1S/C22H25N5OS/c1-15(2)23-22(29)25-24-21(28)19-14-27(13-17-7-5-4-6-8-17)26-20(19)18-11-9-16(3)10-12-18/h4-12,14-15H,13H2,1-3H3,(H,24,28)(H2,23,25,29). The first kappa shape index (κ1) is 20.5. The van der Waals surface area contributed by atoms with Crippen LogP contribution in [0, 0.1) is 6.92 Å². The van der Waals surface area contributed by atoms with Crippen LogP contribution in [0.3, 0.4) is 0 Å². The zero-order valence-corrected chi connectivity index (χ0v) is 17.6. The Morgan fingerprint density at radius 3 is 2.41 bits per heavy atom. The fourth-order valence-electron chi connectivity index (χ4n) is 2.84. The molecule has 1 heterocycles. The second kappa shape index (κ2) is 9.34. The molecule has 0 saturated carbocycles. The number of aromatic nitrogens is 2. The van der Waals surface area contributed by atoms with Gasteiger partial charge >= 0.3 is 0 Å². The van der Waals surface area contributed by atoms with Crippen molar-refractivity contribution in [2.75, 3.05) is 0 Å². The van der Waals surface area contributed by atoms with Crippen molar-refractivity contribution in [2.24, 2.45) is 0 Å². The summed E-state index contributed by atoms with van der Waals surface area (Å²) in [5.74, 6) is -0.298. The number of carbonyl (C=O) groups excluding carboxylic acids is 1. The van der Waals surface area contributed by atoms with Gasteiger partial charge in [0, 0.05) is 17.8 Å². The van der Waals surface area contributed by atoms with Gasteiger partial charge in [-0.15, -0.1) is 0 Å². The molecule has 0 radical (unpaired) electrons. The molecule has 0 aliphatic heterocycles. The number of nitrogens with zero attached hydrogens (tertiary/aromatic N) is 2. The summed E-state index contributed by atoms with van der Waals surface area (Å²) in [5, 5.41) is 8.07. The van der Waals surface area contributed by atoms with Gasteiger partial charge in [0.1, 0.15) is 5.69 Å². The maximum atomic E-state index is 12.8. The van der Waals surface area contributed by atoms with Gasteiger partial charge in [-0.2, -0.15) is 5.10 Å². The van der Waals surface area contributed by atoms with E-state index in [1.54, 1.807) is 10.9 Å². The van der Waals surface area contributed by atoms with Crippen molar-refractivity contribution in [1.29, 1.82) is 0 Å². The summed E-state index contributed by atoms with van der Waals surface area (Å²) < 4.78 is 1.78. The van der Waals surface area contributed by atoms with Crippen LogP contribution < -0.4 is 16.2 Å². The summed E-state index contributed by atoms with van der Waals surface area (Å²) in [7, 11) is 0. The van der Waals surface area contributed by atoms with Crippen LogP contribution in [0.1, 0.15) is 35.3 Å². The van der Waals surface area contributed by atoms with E-state index >= 15 is 0 Å². The number of hydrogen-bond acceptors (Lipinski definition) is 3. The predicted molar refractivity (Wildman–Crippen MR) is 119 cm³/mol. The Morgan fingerprint density at radius 1 is 1.07 bits per heavy atom. The van der Waals surface area contributed by atoms with Gasteiger partial charge in [0.15, 0.2) is 5.11 Å². The summed E-state index contributed by atoms with van der Waals surface area (Å²) in [6.45, 7) is 6.55. The minimum Gasteiger partial charge on any atom is -0.359 e. The van der Waals surface area contributed by atoms with Crippen molar-refractivity contribution >= 4 is 23.2 Å². The Hall–Kier alpha value is -3.19. The summed E-state index contributed by atoms with van der Waals surface area (Å²) in [5.41, 5.74) is 9.65. The zero-order valence-electron chi connectivity index (χ0n) is 16.8. The van der Waals surface area contributed by atoms with E-state index in [1.807, 2.05) is 75.4 Å². The quantitative estimate of drug-likeness (QED) is 0.447. The number of amides is 1. The van der Waals surface area contributed by atoms with Crippen LogP contribution in [0.25, 0.3) is 11.3 Å². The van der Waals surface area contributed by atoms with E-state index in [9.17, 15) is 4.79 Å². The van der Waals surface area contributed by atoms with Gasteiger partial charge < -0.3 is 5.32 Å². The SMILES string of the molecule is Cc1ccc(-c2nn(Cc3ccccc3)cc2C(=O)NNC(=S)NC(C)C)cc1. The van der Waals surface area contributed by atoms with Crippen LogP contribution in [0.4, 0.5) is 0 Å². The van der Waals surface area contributed by atoms with Gasteiger partial charge in [0.2, 0.25) is 0 Å². The normalized spacial score (nSPS) is 10.6. The van der Waals surface area contributed by atoms with Crippen LogP contribution in [-0.2, 0) is 6.54 Å². The van der Waals surface area contributed by atoms with Crippen molar-refractivity contribution in [3.63, 3.8) is 0 Å². The number of carbonyl (C=O) groups is 1. The lowest BCUT2D eigenvalue weighted by Crippen LogP contribution is -2.48. The molecule has 0 spiro atoms. The molecule has 6 nitrogen and oxygen atoms in total. The first-order valence-electron chi connectivity index (χ1n) is 9.47. The molecule has 7 heteroatoms. The maximum absolute atomic E-state index is 12.8. The highest BCUT2D eigenvalue weighted by molar-refractivity contribution is 7.80. The topological polar surface area (TPSA) is 71.0 Å². The molecule has 3 aromatic rings. The highest BCUT2D eigenvalue weighted by Crippen LogP contribution is 2.23. The number of thiocarbonyl (C=S) groups is 1. The van der Waals surface area contributed by atoms with Gasteiger partial charge in [-0.3, -0.25) is 20.3 Å². The lowest BCUT2D eigenvalue weighted by atomic mass is 10.1. The molecule has 3 rings (SSSR count). The number of hydrogen-bond donors (Lipinski definition) is 3. The average molecular weight is 408 g/mol. The molecule has 1 amide bonds. The number of rotatable bonds is 5. The number of nitrogens with one attached hydrogen (secondary N) is 3. The van der Waals surface area contributed by atoms with E-state index < -0.39 is 0 Å². The Morgan fingerprint density at radius 2 is 1.76 bits per heavy atom. The molecule has 0 aliphatic carbocycles. The third-order valence-electron chi connectivity index (χ3n) is 4.23. The zero-order chi connectivity index (χ0) is 20.8. The van der Waals surface area contributed by atoms with Crippen LogP contribution >= 0.6 is 12.2 Å². The molecule has 2 aromatic carbocycles. The Labute approximate surface area is 176 Å². The minimum absolute atomic E-state index is 0.170. The van der Waals surface area contributed by atoms with Gasteiger partial charge in [-0.25, -0.2) is 0 Å². The van der Waals surface area contributed by atoms with E-state index in [-0.39, 0.29) is 11.9 Å². The molecular weight excluding hydrogens is 382 g/mol. The molecule has 150 valence electrons. The van der Waals surface area contributed by atoms with E-state index in [4.69, 9.17) is 12.2 Å². The molecule has 29 heavy (non-hydrogen) atoms. The summed E-state index contributed by atoms with van der Waals surface area (Å²) >= 11 is 5.17. The lowest BCUT2D eigenvalue weighted by molar-refractivity contribution is 0.0944. The molecular formula is C22H25N5OS. The molecule has 3 N–H and O–H groups in total. The smallest absolute Gasteiger partial charge is 0.273 e. The molecule has 0 unspecified atom stereocenters. The summed E-state index contributed by atoms with van der Waals surface area (Å²) in [6, 6.07) is 18.1. The fraction of sp³-hybridized carbons (Fsp3) is 0.227. The second-order valence-corrected chi connectivity index (χ2v) is 7.56. The first-order chi connectivity index (χ1) is 13.9. The molecule has 0 fully saturated rings. The molecule has 1 aromatic heterocycles. The number of benzene rings is 2. The van der Waals surface area contributed by atoms with E-state index in [0.717, 1.165) is 16.7 Å². The van der Waals surface area contributed by atoms with Crippen LogP contribution in [-0.4, -0.2) is 26.8 Å². The molecule has 0 bridgehead atoms. The third-order valence-corrected chi connectivity index (χ3v) is 4.45. The Balaban J connectivity index is 1.85. The van der Waals surface area contributed by atoms with Gasteiger partial charge in [-0.05, 0) is 38.6 Å². The van der Waals surface area contributed by atoms with Crippen molar-refractivity contribution in [1.82, 2.24) is 25.9 Å². The van der Waals surface area contributed by atoms with Crippen LogP contribution in [0.5, 0.6) is 0 Å². The molecule has 0 saturated heterocycles. The number of aryl methyl sites for hydroxylation is 1. The first-order valence-corrected chi connectivity index (χ1v) is 9.88. The summed E-state index contributed by atoms with van der Waals surface area (Å²) in [6.07, 6.45) is 1.76. The largest absolute Gasteiger partial charge is 0.359 e. The van der Waals surface area contributed by atoms with Crippen molar-refractivity contribution in [3.8, 4) is 11.3 Å². The monoisotopic (exact) mass is 407 g/mol. The molecule has 0 aliphatic rings. The Bertz CT molecular complexity index is 980. The Kier molecular flexibility index (Phi) is 6.61. The third kappa shape index (κ3) is 5.65. The van der Waals surface area contributed by atoms with Crippen molar-refractivity contribution < 1.29 is 4.79 Å². The number of hydrazine groups is 1. The van der Waals surface area contributed by atoms with E-state index in [2.05, 4.69) is 21.3 Å². The predicted octanol–water partition coefficient (Wildman–Crippen LogP) is 3.42. The average Bonchev–Trinajstić information content (AvgIpc) is 3.11. The van der Waals surface area contributed by atoms with Crippen molar-refractivity contribution in [2.45, 2.75) is 33.4 Å². The maximum Gasteiger partial charge on any atom is 0.273 e. The second-order valence-electron chi connectivity index (χ2n) is 7.15. The van der Waals surface area contributed by atoms with Gasteiger partial charge in [0.05, 0.1) is 12.1 Å².